The van der Waals surface area contributed by atoms with Crippen LogP contribution in [0.15, 0.2) is 71.7 Å². The SMILES string of the molecule is CC/C=C\C(C1=CN2C(C)=CNC2C=C1)=C(\c1ccc(F)c(C)c1)C(C)CC. The maximum atomic E-state index is 13.9. The van der Waals surface area contributed by atoms with Crippen LogP contribution in [0.25, 0.3) is 5.57 Å². The number of benzene rings is 1. The molecule has 2 unspecified atom stereocenters. The summed E-state index contributed by atoms with van der Waals surface area (Å²) in [6, 6.07) is 5.49. The highest BCUT2D eigenvalue weighted by Gasteiger charge is 2.24. The average Bonchev–Trinajstić information content (AvgIpc) is 3.07. The van der Waals surface area contributed by atoms with Gasteiger partial charge in [0, 0.05) is 18.1 Å². The van der Waals surface area contributed by atoms with E-state index in [1.165, 1.54) is 22.4 Å². The average molecular weight is 379 g/mol. The van der Waals surface area contributed by atoms with Crippen LogP contribution in [0.4, 0.5) is 4.39 Å². The smallest absolute Gasteiger partial charge is 0.126 e. The van der Waals surface area contributed by atoms with Gasteiger partial charge in [-0.05, 0) is 78.7 Å². The molecule has 0 saturated carbocycles. The Morgan fingerprint density at radius 3 is 2.75 bits per heavy atom. The number of halogens is 1. The fraction of sp³-hybridized carbons (Fsp3) is 0.360. The number of nitrogens with one attached hydrogen (secondary N) is 1. The summed E-state index contributed by atoms with van der Waals surface area (Å²) in [5, 5.41) is 3.38. The first-order chi connectivity index (χ1) is 13.5. The van der Waals surface area contributed by atoms with Crippen LogP contribution < -0.4 is 5.32 Å². The minimum absolute atomic E-state index is 0.151. The molecule has 2 atom stereocenters. The Morgan fingerprint density at radius 1 is 1.29 bits per heavy atom. The molecule has 3 rings (SSSR count). The van der Waals surface area contributed by atoms with Crippen molar-refractivity contribution in [1.29, 1.82) is 0 Å². The fourth-order valence-electron chi connectivity index (χ4n) is 3.76. The molecule has 0 saturated heterocycles. The molecule has 0 aliphatic carbocycles. The van der Waals surface area contributed by atoms with Crippen LogP contribution in [0.5, 0.6) is 0 Å². The van der Waals surface area contributed by atoms with Crippen LogP contribution in [-0.2, 0) is 0 Å². The van der Waals surface area contributed by atoms with Crippen LogP contribution in [0.3, 0.4) is 0 Å². The van der Waals surface area contributed by atoms with E-state index < -0.39 is 0 Å². The van der Waals surface area contributed by atoms with Gasteiger partial charge in [-0.3, -0.25) is 0 Å². The molecule has 0 amide bonds. The van der Waals surface area contributed by atoms with E-state index >= 15 is 0 Å². The second-order valence-electron chi connectivity index (χ2n) is 7.66. The Labute approximate surface area is 168 Å². The van der Waals surface area contributed by atoms with Crippen molar-refractivity contribution in [3.63, 3.8) is 0 Å². The molecule has 2 aliphatic rings. The number of hydrogen-bond donors (Lipinski definition) is 1. The highest BCUT2D eigenvalue weighted by molar-refractivity contribution is 5.78. The molecule has 0 radical (unpaired) electrons. The molecular formula is C25H31FN2. The monoisotopic (exact) mass is 378 g/mol. The number of aryl methyl sites for hydroxylation is 1. The minimum atomic E-state index is -0.151. The first-order valence-corrected chi connectivity index (χ1v) is 10.2. The standard InChI is InChI=1S/C25H31FN2/c1-6-8-9-22(21-11-13-24-27-15-19(5)28(24)16-21)25(17(3)7-2)20-10-12-23(26)18(4)14-20/h8-17,24,27H,6-7H2,1-5H3/b9-8-,25-22-. The molecule has 2 aliphatic heterocycles. The minimum Gasteiger partial charge on any atom is -0.366 e. The maximum absolute atomic E-state index is 13.9. The van der Waals surface area contributed by atoms with E-state index in [4.69, 9.17) is 0 Å². The predicted octanol–water partition coefficient (Wildman–Crippen LogP) is 6.45. The molecule has 0 spiro atoms. The highest BCUT2D eigenvalue weighted by Crippen LogP contribution is 2.36. The quantitative estimate of drug-likeness (QED) is 0.573. The number of nitrogens with zero attached hydrogens (tertiary/aromatic N) is 1. The number of hydrogen-bond acceptors (Lipinski definition) is 2. The zero-order valence-electron chi connectivity index (χ0n) is 17.6. The first kappa shape index (κ1) is 20.2. The lowest BCUT2D eigenvalue weighted by atomic mass is 9.84. The lowest BCUT2D eigenvalue weighted by Crippen LogP contribution is -2.33. The molecule has 2 nitrogen and oxygen atoms in total. The molecule has 1 N–H and O–H groups in total. The van der Waals surface area contributed by atoms with Crippen molar-refractivity contribution in [1.82, 2.24) is 10.2 Å². The van der Waals surface area contributed by atoms with Crippen LogP contribution >= 0.6 is 0 Å². The largest absolute Gasteiger partial charge is 0.366 e. The molecule has 1 aromatic rings. The third-order valence-electron chi connectivity index (χ3n) is 5.60. The number of fused-ring (bicyclic) bond motifs is 1. The van der Waals surface area contributed by atoms with Gasteiger partial charge >= 0.3 is 0 Å². The molecule has 1 aromatic carbocycles. The topological polar surface area (TPSA) is 15.3 Å². The van der Waals surface area contributed by atoms with Crippen molar-refractivity contribution in [2.24, 2.45) is 5.92 Å². The van der Waals surface area contributed by atoms with Gasteiger partial charge in [0.05, 0.1) is 0 Å². The summed E-state index contributed by atoms with van der Waals surface area (Å²) in [5.41, 5.74) is 6.68. The maximum Gasteiger partial charge on any atom is 0.126 e. The Hall–Kier alpha value is -2.55. The van der Waals surface area contributed by atoms with Gasteiger partial charge in [0.2, 0.25) is 0 Å². The molecule has 0 fully saturated rings. The molecular weight excluding hydrogens is 347 g/mol. The van der Waals surface area contributed by atoms with E-state index in [0.717, 1.165) is 18.4 Å². The second kappa shape index (κ2) is 8.64. The van der Waals surface area contributed by atoms with Gasteiger partial charge in [-0.2, -0.15) is 0 Å². The first-order valence-electron chi connectivity index (χ1n) is 10.2. The van der Waals surface area contributed by atoms with E-state index in [1.807, 2.05) is 19.1 Å². The number of rotatable bonds is 6. The predicted molar refractivity (Wildman–Crippen MR) is 117 cm³/mol. The Morgan fingerprint density at radius 2 is 2.07 bits per heavy atom. The second-order valence-corrected chi connectivity index (χ2v) is 7.66. The summed E-state index contributed by atoms with van der Waals surface area (Å²) < 4.78 is 13.9. The zero-order chi connectivity index (χ0) is 20.3. The third kappa shape index (κ3) is 3.99. The highest BCUT2D eigenvalue weighted by atomic mass is 19.1. The van der Waals surface area contributed by atoms with Crippen LogP contribution in [0.1, 0.15) is 51.7 Å². The van der Waals surface area contributed by atoms with E-state index in [1.54, 1.807) is 6.07 Å². The van der Waals surface area contributed by atoms with Crippen molar-refractivity contribution in [3.05, 3.63) is 88.7 Å². The molecule has 28 heavy (non-hydrogen) atoms. The summed E-state index contributed by atoms with van der Waals surface area (Å²) in [4.78, 5) is 2.26. The van der Waals surface area contributed by atoms with Crippen molar-refractivity contribution in [2.75, 3.05) is 0 Å². The van der Waals surface area contributed by atoms with Crippen LogP contribution in [-0.4, -0.2) is 11.1 Å². The summed E-state index contributed by atoms with van der Waals surface area (Å²) in [6.07, 6.45) is 15.3. The summed E-state index contributed by atoms with van der Waals surface area (Å²) in [5.74, 6) is 0.211. The van der Waals surface area contributed by atoms with Crippen LogP contribution in [0.2, 0.25) is 0 Å². The third-order valence-corrected chi connectivity index (χ3v) is 5.60. The Bertz CT molecular complexity index is 886. The van der Waals surface area contributed by atoms with Gasteiger partial charge in [-0.15, -0.1) is 0 Å². The molecule has 0 aromatic heterocycles. The van der Waals surface area contributed by atoms with E-state index in [2.05, 4.69) is 74.6 Å². The summed E-state index contributed by atoms with van der Waals surface area (Å²) >= 11 is 0. The van der Waals surface area contributed by atoms with Gasteiger partial charge in [-0.1, -0.05) is 45.1 Å². The Kier molecular flexibility index (Phi) is 6.23. The number of allylic oxidation sites excluding steroid dienone is 7. The van der Waals surface area contributed by atoms with E-state index in [9.17, 15) is 4.39 Å². The molecule has 0 bridgehead atoms. The van der Waals surface area contributed by atoms with Crippen molar-refractivity contribution >= 4 is 5.57 Å². The molecule has 3 heteroatoms. The lowest BCUT2D eigenvalue weighted by molar-refractivity contribution is 0.399. The van der Waals surface area contributed by atoms with E-state index in [-0.39, 0.29) is 12.0 Å². The van der Waals surface area contributed by atoms with Gasteiger partial charge in [0.1, 0.15) is 12.0 Å². The van der Waals surface area contributed by atoms with E-state index in [0.29, 0.717) is 11.5 Å². The van der Waals surface area contributed by atoms with Gasteiger partial charge < -0.3 is 10.2 Å². The van der Waals surface area contributed by atoms with Gasteiger partial charge in [0.15, 0.2) is 0 Å². The lowest BCUT2D eigenvalue weighted by Gasteiger charge is -2.28. The Balaban J connectivity index is 2.19. The summed E-state index contributed by atoms with van der Waals surface area (Å²) in [7, 11) is 0. The zero-order valence-corrected chi connectivity index (χ0v) is 17.6. The van der Waals surface area contributed by atoms with Crippen molar-refractivity contribution in [3.8, 4) is 0 Å². The van der Waals surface area contributed by atoms with Crippen LogP contribution in [0, 0.1) is 18.7 Å². The van der Waals surface area contributed by atoms with Crippen molar-refractivity contribution < 1.29 is 4.39 Å². The summed E-state index contributed by atoms with van der Waals surface area (Å²) in [6.45, 7) is 10.6. The van der Waals surface area contributed by atoms with Gasteiger partial charge in [-0.25, -0.2) is 4.39 Å². The molecule has 148 valence electrons. The van der Waals surface area contributed by atoms with Crippen molar-refractivity contribution in [2.45, 2.75) is 53.6 Å². The normalized spacial score (nSPS) is 20.5. The fourth-order valence-corrected chi connectivity index (χ4v) is 3.76. The van der Waals surface area contributed by atoms with Gasteiger partial charge in [0.25, 0.3) is 0 Å². The molecule has 2 heterocycles.